The molecule has 1 heterocycles. The van der Waals surface area contributed by atoms with Gasteiger partial charge in [-0.1, -0.05) is 0 Å². The number of aromatic hydroxyl groups is 2. The van der Waals surface area contributed by atoms with Crippen molar-refractivity contribution in [3.05, 3.63) is 24.4 Å². The first-order valence-corrected chi connectivity index (χ1v) is 5.75. The summed E-state index contributed by atoms with van der Waals surface area (Å²) in [7, 11) is 1.92. The van der Waals surface area contributed by atoms with Crippen LogP contribution in [0.15, 0.2) is 29.3 Å². The van der Waals surface area contributed by atoms with Crippen molar-refractivity contribution in [1.29, 1.82) is 0 Å². The molecule has 2 N–H and O–H groups in total. The van der Waals surface area contributed by atoms with Gasteiger partial charge >= 0.3 is 0 Å². The summed E-state index contributed by atoms with van der Waals surface area (Å²) in [5.74, 6) is -0.116. The van der Waals surface area contributed by atoms with Crippen LogP contribution in [0.5, 0.6) is 11.5 Å². The maximum atomic E-state index is 9.74. The Morgan fingerprint density at radius 1 is 1.33 bits per heavy atom. The van der Waals surface area contributed by atoms with Crippen LogP contribution in [0.1, 0.15) is 0 Å². The first kappa shape index (κ1) is 10.1. The first-order chi connectivity index (χ1) is 7.15. The monoisotopic (exact) mass is 222 g/mol. The summed E-state index contributed by atoms with van der Waals surface area (Å²) in [6.45, 7) is 0. The van der Waals surface area contributed by atoms with E-state index in [0.717, 1.165) is 10.9 Å². The van der Waals surface area contributed by atoms with Crippen molar-refractivity contribution < 1.29 is 14.8 Å². The molecule has 2 rings (SSSR count). The lowest BCUT2D eigenvalue weighted by Gasteiger charge is -2.06. The van der Waals surface area contributed by atoms with E-state index in [1.165, 1.54) is 11.8 Å². The average Bonchev–Trinajstić information content (AvgIpc) is 2.21. The molecule has 0 aliphatic heterocycles. The molecule has 78 valence electrons. The fourth-order valence-corrected chi connectivity index (χ4v) is 2.43. The van der Waals surface area contributed by atoms with Crippen LogP contribution in [0, 0.1) is 0 Å². The van der Waals surface area contributed by atoms with Gasteiger partial charge in [0.1, 0.15) is 11.9 Å². The molecule has 1 aromatic heterocycles. The molecule has 0 aliphatic carbocycles. The highest BCUT2D eigenvalue weighted by Gasteiger charge is 2.17. The molecule has 0 bridgehead atoms. The van der Waals surface area contributed by atoms with Gasteiger partial charge in [0.15, 0.2) is 17.7 Å². The largest absolute Gasteiger partial charge is 0.504 e. The molecular formula is C11H12NO2S+. The standard InChI is InChI=1S/C11H11NO2S/c1-12-5-3-4-7-6-8(13)10(14)11(15-2)9(7)12/h3-6,13H,1-2H3/p+1. The fraction of sp³-hybridized carbons (Fsp3) is 0.182. The number of fused-ring (bicyclic) bond motifs is 1. The van der Waals surface area contributed by atoms with E-state index in [1.807, 2.05) is 36.2 Å². The van der Waals surface area contributed by atoms with Gasteiger partial charge in [-0.05, 0) is 18.4 Å². The Labute approximate surface area is 92.0 Å². The lowest BCUT2D eigenvalue weighted by molar-refractivity contribution is -0.646. The van der Waals surface area contributed by atoms with E-state index in [-0.39, 0.29) is 11.5 Å². The predicted octanol–water partition coefficient (Wildman–Crippen LogP) is 1.80. The lowest BCUT2D eigenvalue weighted by Crippen LogP contribution is -2.28. The van der Waals surface area contributed by atoms with E-state index in [4.69, 9.17) is 0 Å². The third kappa shape index (κ3) is 1.51. The predicted molar refractivity (Wildman–Crippen MR) is 60.2 cm³/mol. The van der Waals surface area contributed by atoms with Crippen molar-refractivity contribution in [1.82, 2.24) is 0 Å². The Bertz CT molecular complexity index is 525. The number of benzene rings is 1. The Morgan fingerprint density at radius 2 is 2.07 bits per heavy atom. The third-order valence-electron chi connectivity index (χ3n) is 2.38. The maximum absolute atomic E-state index is 9.74. The molecule has 0 radical (unpaired) electrons. The highest BCUT2D eigenvalue weighted by molar-refractivity contribution is 7.99. The molecule has 0 saturated heterocycles. The topological polar surface area (TPSA) is 44.3 Å². The van der Waals surface area contributed by atoms with Gasteiger partial charge < -0.3 is 10.2 Å². The normalized spacial score (nSPS) is 10.8. The molecule has 0 amide bonds. The van der Waals surface area contributed by atoms with E-state index in [1.54, 1.807) is 6.07 Å². The van der Waals surface area contributed by atoms with Crippen molar-refractivity contribution in [3.63, 3.8) is 0 Å². The molecule has 3 nitrogen and oxygen atoms in total. The molecule has 4 heteroatoms. The van der Waals surface area contributed by atoms with E-state index in [0.29, 0.717) is 4.90 Å². The highest BCUT2D eigenvalue weighted by Crippen LogP contribution is 2.39. The van der Waals surface area contributed by atoms with Crippen LogP contribution in [0.3, 0.4) is 0 Å². The van der Waals surface area contributed by atoms with Crippen LogP contribution in [0.2, 0.25) is 0 Å². The van der Waals surface area contributed by atoms with Crippen LogP contribution >= 0.6 is 11.8 Å². The zero-order chi connectivity index (χ0) is 11.0. The molecule has 0 unspecified atom stereocenters. The number of hydrogen-bond donors (Lipinski definition) is 2. The summed E-state index contributed by atoms with van der Waals surface area (Å²) < 4.78 is 1.93. The van der Waals surface area contributed by atoms with Gasteiger partial charge in [-0.3, -0.25) is 0 Å². The maximum Gasteiger partial charge on any atom is 0.230 e. The molecule has 0 fully saturated rings. The van der Waals surface area contributed by atoms with Crippen molar-refractivity contribution in [3.8, 4) is 11.5 Å². The smallest absolute Gasteiger partial charge is 0.230 e. The summed E-state index contributed by atoms with van der Waals surface area (Å²) in [6.07, 6.45) is 3.79. The second-order valence-corrected chi connectivity index (χ2v) is 4.15. The average molecular weight is 222 g/mol. The number of phenolic OH excluding ortho intramolecular Hbond substituents is 2. The van der Waals surface area contributed by atoms with E-state index in [2.05, 4.69) is 0 Å². The van der Waals surface area contributed by atoms with Gasteiger partial charge in [-0.2, -0.15) is 4.57 Å². The third-order valence-corrected chi connectivity index (χ3v) is 3.18. The number of pyridine rings is 1. The van der Waals surface area contributed by atoms with Crippen molar-refractivity contribution in [2.24, 2.45) is 7.05 Å². The van der Waals surface area contributed by atoms with Gasteiger partial charge in [0, 0.05) is 6.07 Å². The summed E-state index contributed by atoms with van der Waals surface area (Å²) in [4.78, 5) is 0.702. The number of aryl methyl sites for hydroxylation is 1. The van der Waals surface area contributed by atoms with E-state index in [9.17, 15) is 10.2 Å². The van der Waals surface area contributed by atoms with Crippen LogP contribution in [0.25, 0.3) is 10.9 Å². The summed E-state index contributed by atoms with van der Waals surface area (Å²) >= 11 is 1.42. The lowest BCUT2D eigenvalue weighted by atomic mass is 10.2. The second kappa shape index (κ2) is 3.62. The van der Waals surface area contributed by atoms with Gasteiger partial charge in [-0.15, -0.1) is 11.8 Å². The van der Waals surface area contributed by atoms with Crippen LogP contribution in [-0.2, 0) is 7.05 Å². The van der Waals surface area contributed by atoms with Crippen LogP contribution in [-0.4, -0.2) is 16.5 Å². The Kier molecular flexibility index (Phi) is 2.44. The SMILES string of the molecule is CSc1c(O)c(O)cc2ccc[n+](C)c12. The number of thioether (sulfide) groups is 1. The number of nitrogens with zero attached hydrogens (tertiary/aromatic N) is 1. The fourth-order valence-electron chi connectivity index (χ4n) is 1.68. The van der Waals surface area contributed by atoms with Crippen molar-refractivity contribution >= 4 is 22.7 Å². The summed E-state index contributed by atoms with van der Waals surface area (Å²) in [6, 6.07) is 5.39. The van der Waals surface area contributed by atoms with Gasteiger partial charge in [0.05, 0.1) is 5.39 Å². The van der Waals surface area contributed by atoms with Gasteiger partial charge in [0.2, 0.25) is 5.52 Å². The molecule has 1 aromatic carbocycles. The quantitative estimate of drug-likeness (QED) is 0.439. The number of phenols is 2. The minimum atomic E-state index is -0.0712. The minimum Gasteiger partial charge on any atom is -0.504 e. The van der Waals surface area contributed by atoms with Crippen LogP contribution < -0.4 is 4.57 Å². The number of aromatic nitrogens is 1. The molecule has 0 saturated carbocycles. The van der Waals surface area contributed by atoms with E-state index < -0.39 is 0 Å². The van der Waals surface area contributed by atoms with Crippen molar-refractivity contribution in [2.45, 2.75) is 4.90 Å². The summed E-state index contributed by atoms with van der Waals surface area (Å²) in [5.41, 5.74) is 0.931. The van der Waals surface area contributed by atoms with Gasteiger partial charge in [-0.25, -0.2) is 0 Å². The zero-order valence-corrected chi connectivity index (χ0v) is 9.38. The number of hydrogen-bond acceptors (Lipinski definition) is 3. The molecule has 0 spiro atoms. The van der Waals surface area contributed by atoms with E-state index >= 15 is 0 Å². The molecule has 2 aromatic rings. The Morgan fingerprint density at radius 3 is 2.73 bits per heavy atom. The van der Waals surface area contributed by atoms with Crippen LogP contribution in [0.4, 0.5) is 0 Å². The highest BCUT2D eigenvalue weighted by atomic mass is 32.2. The van der Waals surface area contributed by atoms with Gasteiger partial charge in [0.25, 0.3) is 0 Å². The molecular weight excluding hydrogens is 210 g/mol. The van der Waals surface area contributed by atoms with Crippen molar-refractivity contribution in [2.75, 3.05) is 6.26 Å². The minimum absolute atomic E-state index is 0.0446. The summed E-state index contributed by atoms with van der Waals surface area (Å²) in [5, 5.41) is 20.2. The molecule has 15 heavy (non-hydrogen) atoms. The zero-order valence-electron chi connectivity index (χ0n) is 8.56. The first-order valence-electron chi connectivity index (χ1n) is 4.52. The molecule has 0 atom stereocenters. The second-order valence-electron chi connectivity index (χ2n) is 3.33. The molecule has 0 aliphatic rings. The Hall–Kier alpha value is -1.42. The Balaban J connectivity index is 2.96. The number of rotatable bonds is 1.